The average Bonchev–Trinajstić information content (AvgIpc) is 2.60. The molecule has 1 aromatic carbocycles. The lowest BCUT2D eigenvalue weighted by atomic mass is 10.1. The van der Waals surface area contributed by atoms with Crippen LogP contribution < -0.4 is 10.6 Å². The van der Waals surface area contributed by atoms with Crippen LogP contribution in [0.15, 0.2) is 35.3 Å². The van der Waals surface area contributed by atoms with E-state index < -0.39 is 0 Å². The van der Waals surface area contributed by atoms with Crippen LogP contribution >= 0.6 is 0 Å². The number of methoxy groups -OCH3 is 1. The number of guanidine groups is 1. The number of carbonyl (C=O) groups excluding carboxylic acids is 1. The maximum Gasteiger partial charge on any atom is 0.307 e. The van der Waals surface area contributed by atoms with Gasteiger partial charge in [-0.2, -0.15) is 0 Å². The second kappa shape index (κ2) is 11.5. The zero-order valence-corrected chi connectivity index (χ0v) is 14.2. The lowest BCUT2D eigenvalue weighted by Gasteiger charge is -2.14. The van der Waals surface area contributed by atoms with Gasteiger partial charge in [-0.1, -0.05) is 30.3 Å². The van der Waals surface area contributed by atoms with Gasteiger partial charge in [0.1, 0.15) is 0 Å². The predicted molar refractivity (Wildman–Crippen MR) is 91.4 cm³/mol. The summed E-state index contributed by atoms with van der Waals surface area (Å²) in [5, 5.41) is 6.24. The summed E-state index contributed by atoms with van der Waals surface area (Å²) in [7, 11) is 3.08. The van der Waals surface area contributed by atoms with E-state index in [0.29, 0.717) is 25.5 Å². The van der Waals surface area contributed by atoms with E-state index in [-0.39, 0.29) is 12.1 Å². The van der Waals surface area contributed by atoms with Gasteiger partial charge in [-0.05, 0) is 18.9 Å². The Balaban J connectivity index is 2.12. The zero-order chi connectivity index (χ0) is 16.9. The van der Waals surface area contributed by atoms with Crippen LogP contribution in [0.25, 0.3) is 0 Å². The van der Waals surface area contributed by atoms with Crippen molar-refractivity contribution in [2.75, 3.05) is 33.9 Å². The Bertz CT molecular complexity index is 477. The third-order valence-electron chi connectivity index (χ3n) is 3.32. The molecule has 0 aliphatic rings. The standard InChI is InChI=1S/C17H27N3O3/c1-14(15-8-5-4-6-9-15)23-13-7-11-19-17(18-2)20-12-10-16(21)22-3/h4-6,8-9,14H,7,10-13H2,1-3H3,(H2,18,19,20). The Morgan fingerprint density at radius 3 is 2.57 bits per heavy atom. The van der Waals surface area contributed by atoms with Gasteiger partial charge in [-0.25, -0.2) is 0 Å². The van der Waals surface area contributed by atoms with Crippen molar-refractivity contribution in [3.8, 4) is 0 Å². The molecule has 128 valence electrons. The Morgan fingerprint density at radius 1 is 1.22 bits per heavy atom. The summed E-state index contributed by atoms with van der Waals surface area (Å²) < 4.78 is 10.4. The van der Waals surface area contributed by atoms with Gasteiger partial charge in [0.25, 0.3) is 0 Å². The summed E-state index contributed by atoms with van der Waals surface area (Å²) in [6.07, 6.45) is 1.28. The van der Waals surface area contributed by atoms with Gasteiger partial charge in [-0.3, -0.25) is 9.79 Å². The summed E-state index contributed by atoms with van der Waals surface area (Å²) in [5.41, 5.74) is 1.18. The molecule has 2 N–H and O–H groups in total. The summed E-state index contributed by atoms with van der Waals surface area (Å²) >= 11 is 0. The molecule has 0 fully saturated rings. The number of rotatable bonds is 9. The fourth-order valence-electron chi connectivity index (χ4n) is 1.96. The Morgan fingerprint density at radius 2 is 1.91 bits per heavy atom. The van der Waals surface area contributed by atoms with Crippen molar-refractivity contribution < 1.29 is 14.3 Å². The Labute approximate surface area is 138 Å². The summed E-state index contributed by atoms with van der Waals surface area (Å²) in [6.45, 7) is 3.96. The largest absolute Gasteiger partial charge is 0.469 e. The molecule has 6 heteroatoms. The molecule has 1 unspecified atom stereocenters. The number of nitrogens with one attached hydrogen (secondary N) is 2. The topological polar surface area (TPSA) is 72.0 Å². The fraction of sp³-hybridized carbons (Fsp3) is 0.529. The van der Waals surface area contributed by atoms with Gasteiger partial charge < -0.3 is 20.1 Å². The van der Waals surface area contributed by atoms with Gasteiger partial charge in [0, 0.05) is 26.7 Å². The first-order chi connectivity index (χ1) is 11.2. The smallest absolute Gasteiger partial charge is 0.307 e. The van der Waals surface area contributed by atoms with E-state index in [1.807, 2.05) is 18.2 Å². The van der Waals surface area contributed by atoms with E-state index >= 15 is 0 Å². The van der Waals surface area contributed by atoms with Crippen LogP contribution in [0.3, 0.4) is 0 Å². The van der Waals surface area contributed by atoms with Gasteiger partial charge in [0.2, 0.25) is 0 Å². The molecule has 1 rings (SSSR count). The number of hydrogen-bond donors (Lipinski definition) is 2. The zero-order valence-electron chi connectivity index (χ0n) is 14.2. The van der Waals surface area contributed by atoms with Crippen molar-refractivity contribution in [2.45, 2.75) is 25.9 Å². The van der Waals surface area contributed by atoms with Crippen molar-refractivity contribution >= 4 is 11.9 Å². The first-order valence-corrected chi connectivity index (χ1v) is 7.85. The number of carbonyl (C=O) groups is 1. The second-order valence-corrected chi connectivity index (χ2v) is 5.03. The molecule has 23 heavy (non-hydrogen) atoms. The van der Waals surface area contributed by atoms with E-state index in [4.69, 9.17) is 4.74 Å². The molecular formula is C17H27N3O3. The summed E-state index contributed by atoms with van der Waals surface area (Å²) in [4.78, 5) is 15.1. The third-order valence-corrected chi connectivity index (χ3v) is 3.32. The molecule has 0 aromatic heterocycles. The normalized spacial score (nSPS) is 12.6. The van der Waals surface area contributed by atoms with Gasteiger partial charge >= 0.3 is 5.97 Å². The summed E-state index contributed by atoms with van der Waals surface area (Å²) in [5.74, 6) is 0.432. The van der Waals surface area contributed by atoms with E-state index in [1.54, 1.807) is 7.05 Å². The lowest BCUT2D eigenvalue weighted by Crippen LogP contribution is -2.39. The number of hydrogen-bond acceptors (Lipinski definition) is 4. The van der Waals surface area contributed by atoms with E-state index in [0.717, 1.165) is 13.0 Å². The summed E-state index contributed by atoms with van der Waals surface area (Å²) in [6, 6.07) is 10.2. The van der Waals surface area contributed by atoms with Crippen molar-refractivity contribution in [1.82, 2.24) is 10.6 Å². The minimum absolute atomic E-state index is 0.0914. The molecule has 0 bridgehead atoms. The molecular weight excluding hydrogens is 294 g/mol. The fourth-order valence-corrected chi connectivity index (χ4v) is 1.96. The van der Waals surface area contributed by atoms with E-state index in [9.17, 15) is 4.79 Å². The minimum Gasteiger partial charge on any atom is -0.469 e. The monoisotopic (exact) mass is 321 g/mol. The van der Waals surface area contributed by atoms with E-state index in [2.05, 4.69) is 39.4 Å². The van der Waals surface area contributed by atoms with Crippen LogP contribution in [0.2, 0.25) is 0 Å². The van der Waals surface area contributed by atoms with Crippen molar-refractivity contribution in [3.05, 3.63) is 35.9 Å². The first kappa shape index (κ1) is 19.0. The molecule has 0 amide bonds. The molecule has 0 radical (unpaired) electrons. The van der Waals surface area contributed by atoms with Gasteiger partial charge in [0.05, 0.1) is 19.6 Å². The molecule has 0 aliphatic carbocycles. The molecule has 0 aliphatic heterocycles. The van der Waals surface area contributed by atoms with Crippen LogP contribution in [0.4, 0.5) is 0 Å². The van der Waals surface area contributed by atoms with Crippen LogP contribution in [-0.4, -0.2) is 45.8 Å². The number of aliphatic imine (C=N–C) groups is 1. The minimum atomic E-state index is -0.240. The highest BCUT2D eigenvalue weighted by Gasteiger charge is 2.05. The predicted octanol–water partition coefficient (Wildman–Crippen LogP) is 1.88. The SMILES string of the molecule is CN=C(NCCCOC(C)c1ccccc1)NCCC(=O)OC. The molecule has 0 heterocycles. The first-order valence-electron chi connectivity index (χ1n) is 7.85. The average molecular weight is 321 g/mol. The molecule has 1 aromatic rings. The maximum atomic E-state index is 11.0. The Hall–Kier alpha value is -2.08. The van der Waals surface area contributed by atoms with Crippen molar-refractivity contribution in [2.24, 2.45) is 4.99 Å². The molecule has 1 atom stereocenters. The third kappa shape index (κ3) is 8.21. The van der Waals surface area contributed by atoms with Crippen LogP contribution in [0, 0.1) is 0 Å². The number of esters is 1. The highest BCUT2D eigenvalue weighted by atomic mass is 16.5. The quantitative estimate of drug-likeness (QED) is 0.314. The molecule has 6 nitrogen and oxygen atoms in total. The molecule has 0 saturated heterocycles. The van der Waals surface area contributed by atoms with E-state index in [1.165, 1.54) is 12.7 Å². The maximum absolute atomic E-state index is 11.0. The highest BCUT2D eigenvalue weighted by Crippen LogP contribution is 2.15. The van der Waals surface area contributed by atoms with Crippen LogP contribution in [0.5, 0.6) is 0 Å². The van der Waals surface area contributed by atoms with Gasteiger partial charge in [-0.15, -0.1) is 0 Å². The van der Waals surface area contributed by atoms with Crippen molar-refractivity contribution in [3.63, 3.8) is 0 Å². The van der Waals surface area contributed by atoms with Crippen LogP contribution in [0.1, 0.15) is 31.4 Å². The number of nitrogens with zero attached hydrogens (tertiary/aromatic N) is 1. The van der Waals surface area contributed by atoms with Gasteiger partial charge in [0.15, 0.2) is 5.96 Å². The molecule has 0 spiro atoms. The number of ether oxygens (including phenoxy) is 2. The highest BCUT2D eigenvalue weighted by molar-refractivity contribution is 5.80. The van der Waals surface area contributed by atoms with Crippen molar-refractivity contribution in [1.29, 1.82) is 0 Å². The second-order valence-electron chi connectivity index (χ2n) is 5.03. The Kier molecular flexibility index (Phi) is 9.47. The lowest BCUT2D eigenvalue weighted by molar-refractivity contribution is -0.140. The number of benzene rings is 1. The van der Waals surface area contributed by atoms with Crippen LogP contribution in [-0.2, 0) is 14.3 Å². The molecule has 0 saturated carbocycles.